The molecule has 35 heavy (non-hydrogen) atoms. The first-order chi connectivity index (χ1) is 17.1. The minimum Gasteiger partial charge on any atom is -0.355 e. The van der Waals surface area contributed by atoms with Gasteiger partial charge in [-0.1, -0.05) is 78.4 Å². The molecule has 0 aliphatic carbocycles. The molecule has 2 aromatic heterocycles. The number of thiophene rings is 1. The number of hydrogen-bond donors (Lipinski definition) is 1. The summed E-state index contributed by atoms with van der Waals surface area (Å²) in [5.74, 6) is 0. The average Bonchev–Trinajstić information content (AvgIpc) is 3.42. The molecule has 2 heteroatoms. The van der Waals surface area contributed by atoms with Crippen molar-refractivity contribution in [3.8, 4) is 22.3 Å². The third kappa shape index (κ3) is 3.07. The van der Waals surface area contributed by atoms with Crippen LogP contribution in [0.3, 0.4) is 0 Å². The number of para-hydroxylation sites is 1. The Hall–Kier alpha value is -3.88. The second-order valence-electron chi connectivity index (χ2n) is 9.67. The number of benzene rings is 5. The first-order valence-corrected chi connectivity index (χ1v) is 12.9. The molecule has 0 atom stereocenters. The van der Waals surface area contributed by atoms with E-state index in [1.54, 1.807) is 0 Å². The number of H-pyrrole nitrogens is 1. The van der Waals surface area contributed by atoms with Crippen molar-refractivity contribution in [2.45, 2.75) is 20.8 Å². The van der Waals surface area contributed by atoms with E-state index >= 15 is 0 Å². The van der Waals surface area contributed by atoms with Crippen molar-refractivity contribution in [3.05, 3.63) is 108 Å². The molecule has 0 bridgehead atoms. The molecular formula is C33H25NS. The van der Waals surface area contributed by atoms with Gasteiger partial charge in [0.05, 0.1) is 0 Å². The van der Waals surface area contributed by atoms with Gasteiger partial charge in [0, 0.05) is 47.5 Å². The predicted molar refractivity (Wildman–Crippen MR) is 154 cm³/mol. The molecule has 0 radical (unpaired) electrons. The number of aromatic nitrogens is 1. The van der Waals surface area contributed by atoms with Gasteiger partial charge in [-0.3, -0.25) is 0 Å². The molecule has 0 fully saturated rings. The second-order valence-corrected chi connectivity index (χ2v) is 10.7. The molecule has 5 aromatic carbocycles. The van der Waals surface area contributed by atoms with Crippen LogP contribution in [0, 0.1) is 20.8 Å². The summed E-state index contributed by atoms with van der Waals surface area (Å²) in [5.41, 5.74) is 11.7. The van der Waals surface area contributed by atoms with Gasteiger partial charge in [0.1, 0.15) is 0 Å². The van der Waals surface area contributed by atoms with E-state index in [9.17, 15) is 0 Å². The fourth-order valence-electron chi connectivity index (χ4n) is 5.86. The van der Waals surface area contributed by atoms with Gasteiger partial charge < -0.3 is 4.98 Å². The maximum absolute atomic E-state index is 3.56. The van der Waals surface area contributed by atoms with Gasteiger partial charge in [0.2, 0.25) is 0 Å². The molecule has 0 spiro atoms. The van der Waals surface area contributed by atoms with Crippen molar-refractivity contribution >= 4 is 53.3 Å². The zero-order chi connectivity index (χ0) is 23.7. The Balaban J connectivity index is 1.50. The van der Waals surface area contributed by atoms with E-state index < -0.39 is 0 Å². The van der Waals surface area contributed by atoms with E-state index in [1.165, 1.54) is 80.9 Å². The Bertz CT molecular complexity index is 1910. The Labute approximate surface area is 208 Å². The third-order valence-corrected chi connectivity index (χ3v) is 8.58. The predicted octanol–water partition coefficient (Wildman–Crippen LogP) is 9.95. The highest BCUT2D eigenvalue weighted by Gasteiger charge is 2.16. The quantitative estimate of drug-likeness (QED) is 0.260. The lowest BCUT2D eigenvalue weighted by Gasteiger charge is -2.12. The SMILES string of the molecule is Cc1cc(C)c(-c2cccc3c2sc2c(-c4ccc5[nH]c6ccccc6c5c4)cccc23)c(C)c1. The molecule has 7 rings (SSSR count). The topological polar surface area (TPSA) is 15.8 Å². The number of aryl methyl sites for hydroxylation is 3. The average molecular weight is 468 g/mol. The normalized spacial score (nSPS) is 11.9. The fraction of sp³-hybridized carbons (Fsp3) is 0.0909. The van der Waals surface area contributed by atoms with E-state index in [1.807, 2.05) is 11.3 Å². The smallest absolute Gasteiger partial charge is 0.0465 e. The van der Waals surface area contributed by atoms with Crippen molar-refractivity contribution < 1.29 is 0 Å². The summed E-state index contributed by atoms with van der Waals surface area (Å²) < 4.78 is 2.73. The maximum Gasteiger partial charge on any atom is 0.0465 e. The highest BCUT2D eigenvalue weighted by atomic mass is 32.1. The van der Waals surface area contributed by atoms with Crippen LogP contribution in [0.5, 0.6) is 0 Å². The van der Waals surface area contributed by atoms with E-state index in [0.29, 0.717) is 0 Å². The largest absolute Gasteiger partial charge is 0.355 e. The van der Waals surface area contributed by atoms with Gasteiger partial charge in [0.25, 0.3) is 0 Å². The van der Waals surface area contributed by atoms with Crippen LogP contribution in [0.2, 0.25) is 0 Å². The Morgan fingerprint density at radius 2 is 1.17 bits per heavy atom. The van der Waals surface area contributed by atoms with Gasteiger partial charge >= 0.3 is 0 Å². The molecule has 0 aliphatic heterocycles. The van der Waals surface area contributed by atoms with Crippen molar-refractivity contribution in [2.75, 3.05) is 0 Å². The molecule has 1 N–H and O–H groups in total. The molecule has 0 saturated heterocycles. The van der Waals surface area contributed by atoms with Crippen LogP contribution in [0.15, 0.2) is 91.0 Å². The van der Waals surface area contributed by atoms with Crippen molar-refractivity contribution in [1.29, 1.82) is 0 Å². The molecule has 168 valence electrons. The molecule has 0 aliphatic rings. The van der Waals surface area contributed by atoms with Gasteiger partial charge in [-0.25, -0.2) is 0 Å². The number of hydrogen-bond acceptors (Lipinski definition) is 1. The van der Waals surface area contributed by atoms with Crippen LogP contribution in [-0.2, 0) is 0 Å². The summed E-state index contributed by atoms with van der Waals surface area (Å²) >= 11 is 1.93. The monoisotopic (exact) mass is 467 g/mol. The molecular weight excluding hydrogens is 442 g/mol. The molecule has 1 nitrogen and oxygen atoms in total. The highest BCUT2D eigenvalue weighted by molar-refractivity contribution is 7.26. The molecule has 0 amide bonds. The van der Waals surface area contributed by atoms with Gasteiger partial charge in [-0.05, 0) is 66.8 Å². The van der Waals surface area contributed by atoms with Gasteiger partial charge in [-0.15, -0.1) is 11.3 Å². The van der Waals surface area contributed by atoms with Crippen molar-refractivity contribution in [3.63, 3.8) is 0 Å². The third-order valence-electron chi connectivity index (χ3n) is 7.29. The second kappa shape index (κ2) is 7.56. The summed E-state index contributed by atoms with van der Waals surface area (Å²) in [4.78, 5) is 3.56. The zero-order valence-corrected chi connectivity index (χ0v) is 20.9. The van der Waals surface area contributed by atoms with Crippen LogP contribution in [0.1, 0.15) is 16.7 Å². The summed E-state index contributed by atoms with van der Waals surface area (Å²) in [6.45, 7) is 6.66. The number of aromatic amines is 1. The minimum atomic E-state index is 1.19. The first-order valence-electron chi connectivity index (χ1n) is 12.1. The van der Waals surface area contributed by atoms with Gasteiger partial charge in [0.15, 0.2) is 0 Å². The summed E-state index contributed by atoms with van der Waals surface area (Å²) in [5, 5.41) is 5.24. The summed E-state index contributed by atoms with van der Waals surface area (Å²) in [6, 6.07) is 33.5. The molecule has 0 unspecified atom stereocenters. The van der Waals surface area contributed by atoms with Crippen molar-refractivity contribution in [1.82, 2.24) is 4.98 Å². The van der Waals surface area contributed by atoms with Crippen LogP contribution in [0.4, 0.5) is 0 Å². The van der Waals surface area contributed by atoms with E-state index in [0.717, 1.165) is 0 Å². The lowest BCUT2D eigenvalue weighted by atomic mass is 9.93. The maximum atomic E-state index is 3.56. The molecule has 7 aromatic rings. The zero-order valence-electron chi connectivity index (χ0n) is 20.1. The Morgan fingerprint density at radius 1 is 0.543 bits per heavy atom. The van der Waals surface area contributed by atoms with Gasteiger partial charge in [-0.2, -0.15) is 0 Å². The van der Waals surface area contributed by atoms with E-state index in [2.05, 4.69) is 117 Å². The van der Waals surface area contributed by atoms with Crippen LogP contribution >= 0.6 is 11.3 Å². The number of nitrogens with one attached hydrogen (secondary N) is 1. The Kier molecular flexibility index (Phi) is 4.43. The highest BCUT2D eigenvalue weighted by Crippen LogP contribution is 2.45. The molecule has 0 saturated carbocycles. The van der Waals surface area contributed by atoms with Crippen LogP contribution in [0.25, 0.3) is 64.2 Å². The molecule has 2 heterocycles. The fourth-order valence-corrected chi connectivity index (χ4v) is 7.22. The van der Waals surface area contributed by atoms with Crippen LogP contribution < -0.4 is 0 Å². The van der Waals surface area contributed by atoms with Crippen molar-refractivity contribution in [2.24, 2.45) is 0 Å². The number of rotatable bonds is 2. The lowest BCUT2D eigenvalue weighted by molar-refractivity contribution is 1.32. The number of fused-ring (bicyclic) bond motifs is 6. The minimum absolute atomic E-state index is 1.19. The van der Waals surface area contributed by atoms with E-state index in [4.69, 9.17) is 0 Å². The Morgan fingerprint density at radius 3 is 1.94 bits per heavy atom. The van der Waals surface area contributed by atoms with Crippen LogP contribution in [-0.4, -0.2) is 4.98 Å². The van der Waals surface area contributed by atoms with E-state index in [-0.39, 0.29) is 0 Å². The first kappa shape index (κ1) is 20.5. The summed E-state index contributed by atoms with van der Waals surface area (Å²) in [7, 11) is 0. The summed E-state index contributed by atoms with van der Waals surface area (Å²) in [6.07, 6.45) is 0. The lowest BCUT2D eigenvalue weighted by Crippen LogP contribution is -1.90. The standard InChI is InChI=1S/C33H25NS/c1-19-16-20(2)31(21(3)17-19)27-12-7-11-26-25-10-6-9-23(32(25)35-33(26)27)22-14-15-30-28(18-22)24-8-4-5-13-29(24)34-30/h4-18,34H,1-3H3.